The van der Waals surface area contributed by atoms with Crippen LogP contribution in [0.25, 0.3) is 5.69 Å². The zero-order valence-corrected chi connectivity index (χ0v) is 16.4. The first-order valence-corrected chi connectivity index (χ1v) is 9.31. The van der Waals surface area contributed by atoms with E-state index in [4.69, 9.17) is 17.0 Å². The lowest BCUT2D eigenvalue weighted by Crippen LogP contribution is -2.25. The third kappa shape index (κ3) is 3.14. The van der Waals surface area contributed by atoms with E-state index in [9.17, 15) is 4.79 Å². The first-order valence-electron chi connectivity index (χ1n) is 8.90. The minimum atomic E-state index is -0.359. The van der Waals surface area contributed by atoms with Crippen molar-refractivity contribution in [3.05, 3.63) is 83.9 Å². The summed E-state index contributed by atoms with van der Waals surface area (Å²) >= 11 is 5.52. The predicted octanol–water partition coefficient (Wildman–Crippen LogP) is 3.26. The van der Waals surface area contributed by atoms with Crippen LogP contribution >= 0.6 is 12.2 Å². The molecule has 0 aliphatic carbocycles. The number of aromatic nitrogens is 2. The maximum atomic E-state index is 11.9. The van der Waals surface area contributed by atoms with Gasteiger partial charge in [-0.25, -0.2) is 4.79 Å². The highest BCUT2D eigenvalue weighted by Crippen LogP contribution is 2.38. The van der Waals surface area contributed by atoms with Gasteiger partial charge in [0.15, 0.2) is 5.11 Å². The summed E-state index contributed by atoms with van der Waals surface area (Å²) in [5.74, 6) is -0.359. The average molecular weight is 392 g/mol. The highest BCUT2D eigenvalue weighted by molar-refractivity contribution is 7.80. The Kier molecular flexibility index (Phi) is 4.83. The van der Waals surface area contributed by atoms with Gasteiger partial charge in [-0.15, -0.1) is 0 Å². The van der Waals surface area contributed by atoms with Gasteiger partial charge in [0.05, 0.1) is 30.5 Å². The lowest BCUT2D eigenvalue weighted by molar-refractivity contribution is 0.0600. The van der Waals surface area contributed by atoms with Crippen LogP contribution in [0, 0.1) is 0 Å². The minimum Gasteiger partial charge on any atom is -0.465 e. The fourth-order valence-electron chi connectivity index (χ4n) is 3.60. The molecule has 2 atom stereocenters. The van der Waals surface area contributed by atoms with Gasteiger partial charge in [0.1, 0.15) is 0 Å². The molecule has 0 amide bonds. The monoisotopic (exact) mass is 392 g/mol. The molecule has 6 nitrogen and oxygen atoms in total. The SMILES string of the molecule is COC(=O)c1cccc(-n2cccc2[C@@H]2[C@H](c3ccccn3)NC(=S)N2C)c1. The molecule has 1 aliphatic rings. The van der Waals surface area contributed by atoms with Crippen molar-refractivity contribution in [1.29, 1.82) is 0 Å². The second-order valence-electron chi connectivity index (χ2n) is 6.58. The highest BCUT2D eigenvalue weighted by Gasteiger charge is 2.39. The number of thiocarbonyl (C=S) groups is 1. The Morgan fingerprint density at radius 3 is 2.79 bits per heavy atom. The van der Waals surface area contributed by atoms with Crippen molar-refractivity contribution in [1.82, 2.24) is 19.8 Å². The number of likely N-dealkylation sites (N-methyl/N-ethyl adjacent to an activating group) is 1. The number of ether oxygens (including phenoxy) is 1. The number of nitrogens with one attached hydrogen (secondary N) is 1. The Hall–Kier alpha value is -3.19. The summed E-state index contributed by atoms with van der Waals surface area (Å²) < 4.78 is 6.92. The van der Waals surface area contributed by atoms with Crippen LogP contribution in [-0.4, -0.2) is 39.7 Å². The van der Waals surface area contributed by atoms with Crippen molar-refractivity contribution in [2.45, 2.75) is 12.1 Å². The molecule has 0 radical (unpaired) electrons. The zero-order chi connectivity index (χ0) is 19.7. The molecular formula is C21H20N4O2S. The second kappa shape index (κ2) is 7.44. The molecule has 0 unspecified atom stereocenters. The maximum Gasteiger partial charge on any atom is 0.337 e. The van der Waals surface area contributed by atoms with Crippen LogP contribution in [0.3, 0.4) is 0 Å². The third-order valence-corrected chi connectivity index (χ3v) is 5.37. The quantitative estimate of drug-likeness (QED) is 0.543. The van der Waals surface area contributed by atoms with Gasteiger partial charge in [-0.2, -0.15) is 0 Å². The Morgan fingerprint density at radius 1 is 1.18 bits per heavy atom. The molecule has 4 rings (SSSR count). The van der Waals surface area contributed by atoms with Gasteiger partial charge >= 0.3 is 5.97 Å². The molecule has 3 aromatic rings. The van der Waals surface area contributed by atoms with Crippen molar-refractivity contribution in [2.24, 2.45) is 0 Å². The molecule has 1 N–H and O–H groups in total. The minimum absolute atomic E-state index is 0.0424. The van der Waals surface area contributed by atoms with Crippen LogP contribution in [0.15, 0.2) is 67.0 Å². The topological polar surface area (TPSA) is 59.4 Å². The molecule has 3 heterocycles. The molecular weight excluding hydrogens is 372 g/mol. The molecule has 1 fully saturated rings. The summed E-state index contributed by atoms with van der Waals surface area (Å²) in [5.41, 5.74) is 3.37. The van der Waals surface area contributed by atoms with Gasteiger partial charge in [0, 0.05) is 30.8 Å². The fraction of sp³-hybridized carbons (Fsp3) is 0.190. The van der Waals surface area contributed by atoms with Gasteiger partial charge in [-0.3, -0.25) is 4.98 Å². The number of hydrogen-bond acceptors (Lipinski definition) is 4. The lowest BCUT2D eigenvalue weighted by atomic mass is 10.0. The number of carbonyl (C=O) groups is 1. The largest absolute Gasteiger partial charge is 0.465 e. The number of pyridine rings is 1. The van der Waals surface area contributed by atoms with Crippen molar-refractivity contribution < 1.29 is 9.53 Å². The van der Waals surface area contributed by atoms with Gasteiger partial charge in [-0.1, -0.05) is 12.1 Å². The maximum absolute atomic E-state index is 11.9. The van der Waals surface area contributed by atoms with Crippen LogP contribution in [0.5, 0.6) is 0 Å². The van der Waals surface area contributed by atoms with Gasteiger partial charge in [-0.05, 0) is 54.7 Å². The molecule has 1 aromatic carbocycles. The van der Waals surface area contributed by atoms with Crippen molar-refractivity contribution in [3.63, 3.8) is 0 Å². The van der Waals surface area contributed by atoms with Crippen molar-refractivity contribution >= 4 is 23.3 Å². The van der Waals surface area contributed by atoms with Gasteiger partial charge in [0.2, 0.25) is 0 Å². The molecule has 7 heteroatoms. The second-order valence-corrected chi connectivity index (χ2v) is 6.97. The standard InChI is InChI=1S/C21H20N4O2S/c1-24-19(18(23-21(24)28)16-9-3-4-11-22-16)17-10-6-12-25(17)15-8-5-7-14(13-15)20(26)27-2/h3-13,18-19H,1-2H3,(H,23,28)/t18-,19+/m0/s1. The van der Waals surface area contributed by atoms with E-state index in [1.165, 1.54) is 7.11 Å². The first-order chi connectivity index (χ1) is 13.6. The van der Waals surface area contributed by atoms with E-state index in [2.05, 4.69) is 20.9 Å². The van der Waals surface area contributed by atoms with Crippen LogP contribution in [0.2, 0.25) is 0 Å². The van der Waals surface area contributed by atoms with Crippen LogP contribution in [0.1, 0.15) is 33.8 Å². The number of methoxy groups -OCH3 is 1. The molecule has 142 valence electrons. The van der Waals surface area contributed by atoms with Crippen LogP contribution in [0.4, 0.5) is 0 Å². The van der Waals surface area contributed by atoms with E-state index >= 15 is 0 Å². The van der Waals surface area contributed by atoms with Gasteiger partial charge in [0.25, 0.3) is 0 Å². The Balaban J connectivity index is 1.77. The molecule has 1 saturated heterocycles. The van der Waals surface area contributed by atoms with Crippen molar-refractivity contribution in [2.75, 3.05) is 14.2 Å². The number of rotatable bonds is 4. The number of hydrogen-bond donors (Lipinski definition) is 1. The fourth-order valence-corrected chi connectivity index (χ4v) is 3.84. The molecule has 1 aliphatic heterocycles. The van der Waals surface area contributed by atoms with E-state index in [0.717, 1.165) is 17.1 Å². The number of esters is 1. The summed E-state index contributed by atoms with van der Waals surface area (Å²) in [6.07, 6.45) is 3.77. The summed E-state index contributed by atoms with van der Waals surface area (Å²) in [7, 11) is 3.36. The van der Waals surface area contributed by atoms with Crippen molar-refractivity contribution in [3.8, 4) is 5.69 Å². The lowest BCUT2D eigenvalue weighted by Gasteiger charge is -2.25. The summed E-state index contributed by atoms with van der Waals surface area (Å²) in [6.45, 7) is 0. The molecule has 0 bridgehead atoms. The third-order valence-electron chi connectivity index (χ3n) is 4.97. The average Bonchev–Trinajstić information content (AvgIpc) is 3.33. The van der Waals surface area contributed by atoms with Gasteiger partial charge < -0.3 is 19.5 Å². The highest BCUT2D eigenvalue weighted by atomic mass is 32.1. The van der Waals surface area contributed by atoms with E-state index in [1.807, 2.05) is 60.6 Å². The van der Waals surface area contributed by atoms with E-state index in [-0.39, 0.29) is 18.1 Å². The number of nitrogens with zero attached hydrogens (tertiary/aromatic N) is 3. The Bertz CT molecular complexity index is 1020. The smallest absolute Gasteiger partial charge is 0.337 e. The van der Waals surface area contributed by atoms with Crippen LogP contribution in [-0.2, 0) is 4.74 Å². The molecule has 28 heavy (non-hydrogen) atoms. The molecule has 0 saturated carbocycles. The number of carbonyl (C=O) groups excluding carboxylic acids is 1. The van der Waals surface area contributed by atoms with Crippen LogP contribution < -0.4 is 5.32 Å². The summed E-state index contributed by atoms with van der Waals surface area (Å²) in [4.78, 5) is 18.5. The van der Waals surface area contributed by atoms with E-state index < -0.39 is 0 Å². The zero-order valence-electron chi connectivity index (χ0n) is 15.6. The summed E-state index contributed by atoms with van der Waals surface area (Å²) in [5, 5.41) is 4.06. The van der Waals surface area contributed by atoms with E-state index in [1.54, 1.807) is 12.3 Å². The number of benzene rings is 1. The summed E-state index contributed by atoms with van der Waals surface area (Å²) in [6, 6.07) is 17.2. The Morgan fingerprint density at radius 2 is 2.04 bits per heavy atom. The first kappa shape index (κ1) is 18.2. The normalized spacial score (nSPS) is 18.8. The predicted molar refractivity (Wildman–Crippen MR) is 110 cm³/mol. The Labute approximate surface area is 168 Å². The van der Waals surface area contributed by atoms with E-state index in [0.29, 0.717) is 10.7 Å². The molecule has 0 spiro atoms. The molecule has 2 aromatic heterocycles.